The van der Waals surface area contributed by atoms with Crippen LogP contribution in [0.15, 0.2) is 40.5 Å². The number of para-hydroxylation sites is 1. The summed E-state index contributed by atoms with van der Waals surface area (Å²) < 4.78 is 0. The van der Waals surface area contributed by atoms with E-state index in [4.69, 9.17) is 10.7 Å². The van der Waals surface area contributed by atoms with Crippen LogP contribution < -0.4 is 5.73 Å². The number of rotatable bonds is 4. The average molecular weight is 285 g/mol. The number of aryl methyl sites for hydroxylation is 1. The summed E-state index contributed by atoms with van der Waals surface area (Å²) in [4.78, 5) is 9.02. The maximum atomic E-state index is 5.70. The summed E-state index contributed by atoms with van der Waals surface area (Å²) in [6, 6.07) is 10.2. The molecule has 0 unspecified atom stereocenters. The Balaban J connectivity index is 2.04. The number of fused-ring (bicyclic) bond motifs is 1. The highest BCUT2D eigenvalue weighted by molar-refractivity contribution is 7.99. The van der Waals surface area contributed by atoms with E-state index < -0.39 is 0 Å². The van der Waals surface area contributed by atoms with Gasteiger partial charge in [-0.15, -0.1) is 5.10 Å². The van der Waals surface area contributed by atoms with Crippen molar-refractivity contribution in [2.75, 3.05) is 6.54 Å². The molecule has 102 valence electrons. The van der Waals surface area contributed by atoms with Crippen molar-refractivity contribution in [3.8, 4) is 0 Å². The molecule has 0 spiro atoms. The lowest BCUT2D eigenvalue weighted by molar-refractivity contribution is 0.914. The first-order valence-corrected chi connectivity index (χ1v) is 7.23. The molecule has 3 aromatic rings. The van der Waals surface area contributed by atoms with Crippen LogP contribution in [0.2, 0.25) is 0 Å². The molecule has 3 N–H and O–H groups in total. The Hall–Kier alpha value is -1.92. The van der Waals surface area contributed by atoms with E-state index in [1.165, 1.54) is 11.8 Å². The standard InChI is InChI=1S/C14H15N5S/c1-9-16-14(19-18-9)20-13-11(6-7-15)8-10-4-2-3-5-12(10)17-13/h2-5,8H,6-7,15H2,1H3,(H,16,18,19). The van der Waals surface area contributed by atoms with Crippen LogP contribution in [-0.4, -0.2) is 26.7 Å². The average Bonchev–Trinajstić information content (AvgIpc) is 2.85. The lowest BCUT2D eigenvalue weighted by Gasteiger charge is -2.08. The highest BCUT2D eigenvalue weighted by atomic mass is 32.2. The Labute approximate surface area is 121 Å². The van der Waals surface area contributed by atoms with Crippen LogP contribution in [0.1, 0.15) is 11.4 Å². The second-order valence-electron chi connectivity index (χ2n) is 4.49. The van der Waals surface area contributed by atoms with Gasteiger partial charge in [0, 0.05) is 5.39 Å². The maximum absolute atomic E-state index is 5.70. The summed E-state index contributed by atoms with van der Waals surface area (Å²) in [5.74, 6) is 0.800. The summed E-state index contributed by atoms with van der Waals surface area (Å²) in [5, 5.41) is 9.73. The lowest BCUT2D eigenvalue weighted by atomic mass is 10.1. The number of pyridine rings is 1. The Morgan fingerprint density at radius 3 is 2.85 bits per heavy atom. The van der Waals surface area contributed by atoms with Crippen molar-refractivity contribution in [1.29, 1.82) is 0 Å². The number of nitrogens with one attached hydrogen (secondary N) is 1. The predicted octanol–water partition coefficient (Wildman–Crippen LogP) is 2.31. The highest BCUT2D eigenvalue weighted by Gasteiger charge is 2.11. The zero-order valence-corrected chi connectivity index (χ0v) is 11.9. The molecule has 0 saturated carbocycles. The van der Waals surface area contributed by atoms with Crippen LogP contribution >= 0.6 is 11.8 Å². The first kappa shape index (κ1) is 13.1. The molecule has 5 nitrogen and oxygen atoms in total. The molecule has 1 aromatic carbocycles. The minimum absolute atomic E-state index is 0.598. The monoisotopic (exact) mass is 285 g/mol. The van der Waals surface area contributed by atoms with E-state index in [1.807, 2.05) is 25.1 Å². The molecule has 20 heavy (non-hydrogen) atoms. The van der Waals surface area contributed by atoms with E-state index in [0.29, 0.717) is 11.7 Å². The Kier molecular flexibility index (Phi) is 3.66. The summed E-state index contributed by atoms with van der Waals surface area (Å²) in [5.41, 5.74) is 7.81. The molecule has 0 aliphatic carbocycles. The van der Waals surface area contributed by atoms with Gasteiger partial charge >= 0.3 is 0 Å². The van der Waals surface area contributed by atoms with E-state index >= 15 is 0 Å². The first-order valence-electron chi connectivity index (χ1n) is 6.42. The van der Waals surface area contributed by atoms with Gasteiger partial charge in [-0.3, -0.25) is 5.10 Å². The number of nitrogens with zero attached hydrogens (tertiary/aromatic N) is 3. The van der Waals surface area contributed by atoms with Crippen molar-refractivity contribution in [3.05, 3.63) is 41.7 Å². The minimum atomic E-state index is 0.598. The smallest absolute Gasteiger partial charge is 0.214 e. The fraction of sp³-hybridized carbons (Fsp3) is 0.214. The summed E-state index contributed by atoms with van der Waals surface area (Å²) in [7, 11) is 0. The number of aromatic nitrogens is 4. The van der Waals surface area contributed by atoms with E-state index in [-0.39, 0.29) is 0 Å². The molecule has 0 aliphatic rings. The van der Waals surface area contributed by atoms with Crippen LogP contribution in [0.3, 0.4) is 0 Å². The molecular formula is C14H15N5S. The van der Waals surface area contributed by atoms with Gasteiger partial charge in [0.15, 0.2) is 0 Å². The lowest BCUT2D eigenvalue weighted by Crippen LogP contribution is -2.05. The van der Waals surface area contributed by atoms with Crippen LogP contribution in [0.5, 0.6) is 0 Å². The molecule has 2 heterocycles. The van der Waals surface area contributed by atoms with Crippen molar-refractivity contribution >= 4 is 22.7 Å². The van der Waals surface area contributed by atoms with Crippen LogP contribution in [0.4, 0.5) is 0 Å². The summed E-state index contributed by atoms with van der Waals surface area (Å²) in [6.07, 6.45) is 0.795. The third kappa shape index (κ3) is 2.66. The van der Waals surface area contributed by atoms with E-state index in [2.05, 4.69) is 27.3 Å². The van der Waals surface area contributed by atoms with Crippen molar-refractivity contribution in [3.63, 3.8) is 0 Å². The summed E-state index contributed by atoms with van der Waals surface area (Å²) >= 11 is 1.47. The molecule has 2 aromatic heterocycles. The summed E-state index contributed by atoms with van der Waals surface area (Å²) in [6.45, 7) is 2.48. The fourth-order valence-corrected chi connectivity index (χ4v) is 2.90. The van der Waals surface area contributed by atoms with Gasteiger partial charge in [0.1, 0.15) is 10.9 Å². The van der Waals surface area contributed by atoms with E-state index in [9.17, 15) is 0 Å². The normalized spacial score (nSPS) is 11.1. The fourth-order valence-electron chi connectivity index (χ4n) is 2.02. The quantitative estimate of drug-likeness (QED) is 0.769. The molecular weight excluding hydrogens is 270 g/mol. The Bertz CT molecular complexity index is 737. The Morgan fingerprint density at radius 2 is 2.10 bits per heavy atom. The van der Waals surface area contributed by atoms with E-state index in [1.54, 1.807) is 0 Å². The van der Waals surface area contributed by atoms with Gasteiger partial charge in [-0.2, -0.15) is 0 Å². The third-order valence-electron chi connectivity index (χ3n) is 2.94. The number of nitrogens with two attached hydrogens (primary N) is 1. The van der Waals surface area contributed by atoms with E-state index in [0.717, 1.165) is 33.7 Å². The maximum Gasteiger partial charge on any atom is 0.214 e. The molecule has 0 fully saturated rings. The Morgan fingerprint density at radius 1 is 1.25 bits per heavy atom. The molecule has 0 amide bonds. The number of benzene rings is 1. The topological polar surface area (TPSA) is 80.5 Å². The second kappa shape index (κ2) is 5.60. The molecule has 0 saturated heterocycles. The van der Waals surface area contributed by atoms with Crippen molar-refractivity contribution in [1.82, 2.24) is 20.2 Å². The van der Waals surface area contributed by atoms with Gasteiger partial charge in [-0.25, -0.2) is 9.97 Å². The number of H-pyrrole nitrogens is 1. The van der Waals surface area contributed by atoms with Crippen LogP contribution in [0.25, 0.3) is 10.9 Å². The van der Waals surface area contributed by atoms with Gasteiger partial charge in [0.05, 0.1) is 5.52 Å². The minimum Gasteiger partial charge on any atom is -0.330 e. The molecule has 0 aliphatic heterocycles. The van der Waals surface area contributed by atoms with Crippen LogP contribution in [-0.2, 0) is 6.42 Å². The molecule has 6 heteroatoms. The van der Waals surface area contributed by atoms with Crippen molar-refractivity contribution in [2.45, 2.75) is 23.5 Å². The van der Waals surface area contributed by atoms with Gasteiger partial charge in [0.25, 0.3) is 0 Å². The van der Waals surface area contributed by atoms with Crippen molar-refractivity contribution < 1.29 is 0 Å². The molecule has 0 bridgehead atoms. The SMILES string of the molecule is Cc1nc(Sc2nc3ccccc3cc2CCN)n[nH]1. The van der Waals surface area contributed by atoms with Gasteiger partial charge < -0.3 is 5.73 Å². The largest absolute Gasteiger partial charge is 0.330 e. The van der Waals surface area contributed by atoms with Gasteiger partial charge in [-0.1, -0.05) is 18.2 Å². The first-order chi connectivity index (χ1) is 9.76. The zero-order chi connectivity index (χ0) is 13.9. The molecule has 0 radical (unpaired) electrons. The highest BCUT2D eigenvalue weighted by Crippen LogP contribution is 2.29. The number of hydrogen-bond donors (Lipinski definition) is 2. The zero-order valence-electron chi connectivity index (χ0n) is 11.1. The molecule has 0 atom stereocenters. The number of aromatic amines is 1. The van der Waals surface area contributed by atoms with Gasteiger partial charge in [0.2, 0.25) is 5.16 Å². The molecule has 3 rings (SSSR count). The third-order valence-corrected chi connectivity index (χ3v) is 3.85. The van der Waals surface area contributed by atoms with Crippen LogP contribution in [0, 0.1) is 6.92 Å². The second-order valence-corrected chi connectivity index (χ2v) is 5.45. The number of hydrogen-bond acceptors (Lipinski definition) is 5. The van der Waals surface area contributed by atoms with Crippen molar-refractivity contribution in [2.24, 2.45) is 5.73 Å². The van der Waals surface area contributed by atoms with Gasteiger partial charge in [-0.05, 0) is 49.3 Å². The predicted molar refractivity (Wildman–Crippen MR) is 79.7 cm³/mol.